The van der Waals surface area contributed by atoms with E-state index in [1.807, 2.05) is 37.3 Å². The van der Waals surface area contributed by atoms with Gasteiger partial charge in [-0.2, -0.15) is 5.10 Å². The molecule has 3 aromatic carbocycles. The zero-order valence-corrected chi connectivity index (χ0v) is 20.3. The van der Waals surface area contributed by atoms with Crippen LogP contribution in [0, 0.1) is 10.1 Å². The predicted molar refractivity (Wildman–Crippen MR) is 137 cm³/mol. The number of hydrogen-bond donors (Lipinski definition) is 2. The Hall–Kier alpha value is -4.93. The van der Waals surface area contributed by atoms with Gasteiger partial charge in [-0.1, -0.05) is 30.3 Å². The summed E-state index contributed by atoms with van der Waals surface area (Å²) < 4.78 is 16.4. The maximum Gasteiger partial charge on any atom is 0.282 e. The highest BCUT2D eigenvalue weighted by Gasteiger charge is 2.19. The third-order valence-corrected chi connectivity index (χ3v) is 4.91. The molecule has 0 unspecified atom stereocenters. The van der Waals surface area contributed by atoms with E-state index in [0.717, 1.165) is 11.8 Å². The molecule has 3 aromatic rings. The van der Waals surface area contributed by atoms with Crippen molar-refractivity contribution in [1.29, 1.82) is 0 Å². The first-order valence-electron chi connectivity index (χ1n) is 11.3. The van der Waals surface area contributed by atoms with Crippen LogP contribution in [-0.4, -0.2) is 36.7 Å². The van der Waals surface area contributed by atoms with Gasteiger partial charge in [-0.25, -0.2) is 5.43 Å². The summed E-state index contributed by atoms with van der Waals surface area (Å²) in [5, 5.41) is 18.0. The van der Waals surface area contributed by atoms with Gasteiger partial charge in [0.2, 0.25) is 11.8 Å². The van der Waals surface area contributed by atoms with Crippen molar-refractivity contribution in [2.45, 2.75) is 20.0 Å². The largest absolute Gasteiger partial charge is 0.494 e. The highest BCUT2D eigenvalue weighted by Crippen LogP contribution is 2.34. The number of hydrazone groups is 1. The second-order valence-corrected chi connectivity index (χ2v) is 7.57. The SMILES string of the molecule is CCOc1ccc(NC(=O)CC(=O)NN=Cc2cc(OC)c(OCc3ccccc3)cc2[N+](=O)[O-])cc1. The summed E-state index contributed by atoms with van der Waals surface area (Å²) >= 11 is 0. The first-order chi connectivity index (χ1) is 17.9. The summed E-state index contributed by atoms with van der Waals surface area (Å²) in [7, 11) is 1.40. The number of rotatable bonds is 12. The lowest BCUT2D eigenvalue weighted by Gasteiger charge is -2.12. The fourth-order valence-electron chi connectivity index (χ4n) is 3.20. The Balaban J connectivity index is 1.61. The summed E-state index contributed by atoms with van der Waals surface area (Å²) in [5.41, 5.74) is 3.36. The molecule has 11 heteroatoms. The lowest BCUT2D eigenvalue weighted by molar-refractivity contribution is -0.385. The number of ether oxygens (including phenoxy) is 3. The van der Waals surface area contributed by atoms with E-state index in [4.69, 9.17) is 14.2 Å². The number of anilines is 1. The summed E-state index contributed by atoms with van der Waals surface area (Å²) in [6, 6.07) is 18.6. The number of amides is 2. The van der Waals surface area contributed by atoms with Crippen LogP contribution in [0.15, 0.2) is 71.8 Å². The van der Waals surface area contributed by atoms with Gasteiger partial charge < -0.3 is 19.5 Å². The molecule has 0 aliphatic rings. The van der Waals surface area contributed by atoms with E-state index < -0.39 is 23.2 Å². The van der Waals surface area contributed by atoms with Crippen LogP contribution in [-0.2, 0) is 16.2 Å². The highest BCUT2D eigenvalue weighted by molar-refractivity contribution is 6.03. The number of methoxy groups -OCH3 is 1. The Morgan fingerprint density at radius 1 is 1.00 bits per heavy atom. The van der Waals surface area contributed by atoms with Crippen molar-refractivity contribution in [3.63, 3.8) is 0 Å². The monoisotopic (exact) mass is 506 g/mol. The molecule has 0 aliphatic carbocycles. The number of nitrogens with zero attached hydrogens (tertiary/aromatic N) is 2. The number of carbonyl (C=O) groups excluding carboxylic acids is 2. The van der Waals surface area contributed by atoms with E-state index in [1.165, 1.54) is 19.2 Å². The molecule has 0 spiro atoms. The van der Waals surface area contributed by atoms with Gasteiger partial charge in [0.05, 0.1) is 36.5 Å². The maximum absolute atomic E-state index is 12.1. The molecular formula is C26H26N4O7. The molecule has 2 amide bonds. The third-order valence-electron chi connectivity index (χ3n) is 4.91. The predicted octanol–water partition coefficient (Wildman–Crippen LogP) is 4.06. The van der Waals surface area contributed by atoms with Gasteiger partial charge in [-0.05, 0) is 42.8 Å². The fourth-order valence-corrected chi connectivity index (χ4v) is 3.20. The van der Waals surface area contributed by atoms with Crippen molar-refractivity contribution in [1.82, 2.24) is 5.43 Å². The molecule has 0 radical (unpaired) electrons. The Kier molecular flexibility index (Phi) is 9.54. The lowest BCUT2D eigenvalue weighted by Crippen LogP contribution is -2.24. The van der Waals surface area contributed by atoms with Crippen LogP contribution in [0.1, 0.15) is 24.5 Å². The average molecular weight is 507 g/mol. The fraction of sp³-hybridized carbons (Fsp3) is 0.192. The van der Waals surface area contributed by atoms with Gasteiger partial charge >= 0.3 is 0 Å². The van der Waals surface area contributed by atoms with Crippen LogP contribution in [0.5, 0.6) is 17.2 Å². The Labute approximate surface area is 213 Å². The Bertz CT molecular complexity index is 1260. The molecule has 0 aliphatic heterocycles. The van der Waals surface area contributed by atoms with Gasteiger partial charge in [-0.15, -0.1) is 0 Å². The van der Waals surface area contributed by atoms with Crippen LogP contribution >= 0.6 is 0 Å². The third kappa shape index (κ3) is 8.06. The van der Waals surface area contributed by atoms with E-state index in [2.05, 4.69) is 15.8 Å². The molecule has 0 aromatic heterocycles. The molecule has 0 atom stereocenters. The zero-order chi connectivity index (χ0) is 26.6. The van der Waals surface area contributed by atoms with Gasteiger partial charge in [0.15, 0.2) is 11.5 Å². The first kappa shape index (κ1) is 26.7. The van der Waals surface area contributed by atoms with E-state index in [0.29, 0.717) is 18.0 Å². The molecule has 0 fully saturated rings. The van der Waals surface area contributed by atoms with Crippen LogP contribution < -0.4 is 25.0 Å². The van der Waals surface area contributed by atoms with Gasteiger partial charge in [0.25, 0.3) is 5.69 Å². The molecule has 0 saturated heterocycles. The first-order valence-corrected chi connectivity index (χ1v) is 11.3. The Morgan fingerprint density at radius 3 is 2.38 bits per heavy atom. The molecule has 2 N–H and O–H groups in total. The van der Waals surface area contributed by atoms with Crippen LogP contribution in [0.3, 0.4) is 0 Å². The number of nitrogens with one attached hydrogen (secondary N) is 2. The smallest absolute Gasteiger partial charge is 0.282 e. The van der Waals surface area contributed by atoms with Crippen molar-refractivity contribution >= 4 is 29.4 Å². The van der Waals surface area contributed by atoms with E-state index in [-0.39, 0.29) is 29.4 Å². The molecule has 3 rings (SSSR count). The number of nitro benzene ring substituents is 1. The van der Waals surface area contributed by atoms with Crippen molar-refractivity contribution in [2.24, 2.45) is 5.10 Å². The normalized spacial score (nSPS) is 10.5. The molecule has 0 bridgehead atoms. The van der Waals surface area contributed by atoms with Crippen LogP contribution in [0.2, 0.25) is 0 Å². The minimum atomic E-state index is -0.697. The molecule has 0 saturated carbocycles. The summed E-state index contributed by atoms with van der Waals surface area (Å²) in [6.45, 7) is 2.58. The number of hydrogen-bond acceptors (Lipinski definition) is 8. The van der Waals surface area contributed by atoms with E-state index in [1.54, 1.807) is 24.3 Å². The zero-order valence-electron chi connectivity index (χ0n) is 20.3. The van der Waals surface area contributed by atoms with Gasteiger partial charge in [-0.3, -0.25) is 19.7 Å². The summed E-state index contributed by atoms with van der Waals surface area (Å²) in [5.74, 6) is -0.148. The standard InChI is InChI=1S/C26H26N4O7/c1-3-36-21-11-9-20(10-12-21)28-25(31)15-26(32)29-27-16-19-13-23(35-2)24(14-22(19)30(33)34)37-17-18-7-5-4-6-8-18/h4-14,16H,3,15,17H2,1-2H3,(H,28,31)(H,29,32). The molecule has 37 heavy (non-hydrogen) atoms. The second-order valence-electron chi connectivity index (χ2n) is 7.57. The van der Waals surface area contributed by atoms with Crippen LogP contribution in [0.25, 0.3) is 0 Å². The quantitative estimate of drug-likeness (QED) is 0.163. The van der Waals surface area contributed by atoms with Gasteiger partial charge in [0, 0.05) is 5.69 Å². The number of carbonyl (C=O) groups is 2. The minimum Gasteiger partial charge on any atom is -0.494 e. The number of nitro groups is 1. The molecule has 11 nitrogen and oxygen atoms in total. The van der Waals surface area contributed by atoms with E-state index >= 15 is 0 Å². The van der Waals surface area contributed by atoms with Gasteiger partial charge in [0.1, 0.15) is 18.8 Å². The molecule has 192 valence electrons. The Morgan fingerprint density at radius 2 is 1.73 bits per heavy atom. The topological polar surface area (TPSA) is 141 Å². The van der Waals surface area contributed by atoms with Crippen LogP contribution in [0.4, 0.5) is 11.4 Å². The van der Waals surface area contributed by atoms with Crippen molar-refractivity contribution < 1.29 is 28.7 Å². The average Bonchev–Trinajstić information content (AvgIpc) is 2.89. The molecular weight excluding hydrogens is 480 g/mol. The van der Waals surface area contributed by atoms with Crippen molar-refractivity contribution in [2.75, 3.05) is 19.0 Å². The summed E-state index contributed by atoms with van der Waals surface area (Å²) in [4.78, 5) is 35.3. The van der Waals surface area contributed by atoms with Crippen molar-refractivity contribution in [3.8, 4) is 17.2 Å². The molecule has 0 heterocycles. The van der Waals surface area contributed by atoms with E-state index in [9.17, 15) is 19.7 Å². The summed E-state index contributed by atoms with van der Waals surface area (Å²) in [6.07, 6.45) is 0.603. The highest BCUT2D eigenvalue weighted by atomic mass is 16.6. The minimum absolute atomic E-state index is 0.0769. The maximum atomic E-state index is 12.1. The lowest BCUT2D eigenvalue weighted by atomic mass is 10.1. The second kappa shape index (κ2) is 13.2. The van der Waals surface area contributed by atoms with Crippen molar-refractivity contribution in [3.05, 3.63) is 88.0 Å². The number of benzene rings is 3.